The number of carboxylic acids is 1. The number of hydrogen-bond acceptors (Lipinski definition) is 2. The Morgan fingerprint density at radius 1 is 1.46 bits per heavy atom. The molecule has 0 spiro atoms. The maximum absolute atomic E-state index is 10.8. The van der Waals surface area contributed by atoms with E-state index in [0.717, 1.165) is 4.90 Å². The fourth-order valence-electron chi connectivity index (χ4n) is 1.83. The highest BCUT2D eigenvalue weighted by molar-refractivity contribution is 5.80. The molecule has 0 radical (unpaired) electrons. The number of likely N-dealkylation sites (tertiary alicyclic amines) is 1. The summed E-state index contributed by atoms with van der Waals surface area (Å²) in [6.45, 7) is 2.22. The molecule has 0 bridgehead atoms. The van der Waals surface area contributed by atoms with Crippen molar-refractivity contribution in [3.63, 3.8) is 0 Å². The van der Waals surface area contributed by atoms with Crippen molar-refractivity contribution in [1.29, 1.82) is 0 Å². The van der Waals surface area contributed by atoms with Gasteiger partial charge in [-0.05, 0) is 12.3 Å². The summed E-state index contributed by atoms with van der Waals surface area (Å²) < 4.78 is 0. The number of rotatable bonds is 2. The molecule has 5 nitrogen and oxygen atoms in total. The van der Waals surface area contributed by atoms with E-state index in [1.54, 1.807) is 0 Å². The van der Waals surface area contributed by atoms with Crippen LogP contribution in [0.4, 0.5) is 4.79 Å². The Morgan fingerprint density at radius 3 is 2.46 bits per heavy atom. The highest BCUT2D eigenvalue weighted by Crippen LogP contribution is 2.27. The van der Waals surface area contributed by atoms with Gasteiger partial charge in [-0.25, -0.2) is 9.59 Å². The molecule has 74 valence electrons. The molecule has 2 N–H and O–H groups in total. The largest absolute Gasteiger partial charge is 0.480 e. The highest BCUT2D eigenvalue weighted by atomic mass is 16.4. The highest BCUT2D eigenvalue weighted by Gasteiger charge is 2.40. The van der Waals surface area contributed by atoms with Crippen molar-refractivity contribution in [2.24, 2.45) is 5.92 Å². The number of hydrogen-bond donors (Lipinski definition) is 2. The summed E-state index contributed by atoms with van der Waals surface area (Å²) in [5, 5.41) is 17.5. The summed E-state index contributed by atoms with van der Waals surface area (Å²) in [5.41, 5.74) is 0. The van der Waals surface area contributed by atoms with Crippen LogP contribution in [-0.2, 0) is 4.79 Å². The van der Waals surface area contributed by atoms with Crippen LogP contribution in [0.15, 0.2) is 0 Å². The second-order valence-corrected chi connectivity index (χ2v) is 3.22. The number of carboxylic acid groups (broad SMARTS) is 2. The van der Waals surface area contributed by atoms with Crippen molar-refractivity contribution in [3.8, 4) is 0 Å². The molecule has 0 aromatic carbocycles. The Bertz CT molecular complexity index is 228. The van der Waals surface area contributed by atoms with Gasteiger partial charge in [0.05, 0.1) is 0 Å². The summed E-state index contributed by atoms with van der Waals surface area (Å²) in [4.78, 5) is 22.4. The SMILES string of the molecule is CCC1CCN(C(=O)O)[C@@H]1C(=O)O. The van der Waals surface area contributed by atoms with Crippen molar-refractivity contribution in [1.82, 2.24) is 4.90 Å². The van der Waals surface area contributed by atoms with Gasteiger partial charge in [0.1, 0.15) is 6.04 Å². The molecular weight excluding hydrogens is 174 g/mol. The maximum Gasteiger partial charge on any atom is 0.408 e. The van der Waals surface area contributed by atoms with Crippen LogP contribution in [0.5, 0.6) is 0 Å². The third-order valence-corrected chi connectivity index (χ3v) is 2.55. The first-order chi connectivity index (χ1) is 6.07. The lowest BCUT2D eigenvalue weighted by Crippen LogP contribution is -2.42. The molecule has 0 aliphatic carbocycles. The Labute approximate surface area is 76.0 Å². The monoisotopic (exact) mass is 187 g/mol. The van der Waals surface area contributed by atoms with Crippen LogP contribution >= 0.6 is 0 Å². The van der Waals surface area contributed by atoms with E-state index >= 15 is 0 Å². The summed E-state index contributed by atoms with van der Waals surface area (Å²) in [7, 11) is 0. The summed E-state index contributed by atoms with van der Waals surface area (Å²) in [6, 6.07) is -0.845. The quantitative estimate of drug-likeness (QED) is 0.671. The third-order valence-electron chi connectivity index (χ3n) is 2.55. The van der Waals surface area contributed by atoms with Crippen LogP contribution in [0.3, 0.4) is 0 Å². The van der Waals surface area contributed by atoms with Crippen LogP contribution in [0.1, 0.15) is 19.8 Å². The van der Waals surface area contributed by atoms with Gasteiger partial charge in [-0.2, -0.15) is 0 Å². The van der Waals surface area contributed by atoms with Gasteiger partial charge in [0.15, 0.2) is 0 Å². The van der Waals surface area contributed by atoms with Gasteiger partial charge in [0, 0.05) is 6.54 Å². The smallest absolute Gasteiger partial charge is 0.408 e. The first-order valence-electron chi connectivity index (χ1n) is 4.30. The van der Waals surface area contributed by atoms with Crippen LogP contribution in [0.2, 0.25) is 0 Å². The minimum Gasteiger partial charge on any atom is -0.480 e. The van der Waals surface area contributed by atoms with Gasteiger partial charge in [0.25, 0.3) is 0 Å². The van der Waals surface area contributed by atoms with Crippen LogP contribution in [0.25, 0.3) is 0 Å². The molecule has 1 unspecified atom stereocenters. The molecule has 1 rings (SSSR count). The standard InChI is InChI=1S/C8H13NO4/c1-2-5-3-4-9(8(12)13)6(5)7(10)11/h5-6H,2-4H2,1H3,(H,10,11)(H,12,13)/t5?,6-/m0/s1. The summed E-state index contributed by atoms with van der Waals surface area (Å²) in [5.74, 6) is -1.07. The minimum atomic E-state index is -1.14. The molecule has 1 fully saturated rings. The Hall–Kier alpha value is -1.26. The van der Waals surface area contributed by atoms with E-state index in [1.165, 1.54) is 0 Å². The molecule has 1 saturated heterocycles. The molecule has 0 aromatic rings. The van der Waals surface area contributed by atoms with Crippen molar-refractivity contribution in [3.05, 3.63) is 0 Å². The average molecular weight is 187 g/mol. The number of amides is 1. The van der Waals surface area contributed by atoms with E-state index < -0.39 is 18.1 Å². The molecule has 0 saturated carbocycles. The molecule has 1 aliphatic heterocycles. The van der Waals surface area contributed by atoms with E-state index in [0.29, 0.717) is 19.4 Å². The summed E-state index contributed by atoms with van der Waals surface area (Å²) >= 11 is 0. The Balaban J connectivity index is 2.78. The second-order valence-electron chi connectivity index (χ2n) is 3.22. The molecule has 0 aromatic heterocycles. The van der Waals surface area contributed by atoms with Crippen molar-refractivity contribution in [2.75, 3.05) is 6.54 Å². The second kappa shape index (κ2) is 3.64. The first-order valence-corrected chi connectivity index (χ1v) is 4.30. The van der Waals surface area contributed by atoms with E-state index in [9.17, 15) is 9.59 Å². The molecule has 1 aliphatic rings. The lowest BCUT2D eigenvalue weighted by molar-refractivity contribution is -0.142. The van der Waals surface area contributed by atoms with E-state index in [4.69, 9.17) is 10.2 Å². The normalized spacial score (nSPS) is 27.6. The third kappa shape index (κ3) is 1.74. The predicted octanol–water partition coefficient (Wildman–Crippen LogP) is 0.850. The van der Waals surface area contributed by atoms with Gasteiger partial charge >= 0.3 is 12.1 Å². The number of aliphatic carboxylic acids is 1. The fourth-order valence-corrected chi connectivity index (χ4v) is 1.83. The number of carbonyl (C=O) groups is 2. The van der Waals surface area contributed by atoms with Crippen molar-refractivity contribution >= 4 is 12.1 Å². The zero-order valence-corrected chi connectivity index (χ0v) is 7.43. The molecule has 13 heavy (non-hydrogen) atoms. The van der Waals surface area contributed by atoms with Crippen molar-refractivity contribution < 1.29 is 19.8 Å². The van der Waals surface area contributed by atoms with E-state index in [2.05, 4.69) is 0 Å². The maximum atomic E-state index is 10.8. The summed E-state index contributed by atoms with van der Waals surface area (Å²) in [6.07, 6.45) is 0.226. The van der Waals surface area contributed by atoms with Gasteiger partial charge in [-0.1, -0.05) is 13.3 Å². The van der Waals surface area contributed by atoms with Crippen LogP contribution < -0.4 is 0 Å². The zero-order chi connectivity index (χ0) is 10.0. The van der Waals surface area contributed by atoms with Gasteiger partial charge < -0.3 is 10.2 Å². The Morgan fingerprint density at radius 2 is 2.08 bits per heavy atom. The Kier molecular flexibility index (Phi) is 2.75. The van der Waals surface area contributed by atoms with Gasteiger partial charge in [0.2, 0.25) is 0 Å². The fraction of sp³-hybridized carbons (Fsp3) is 0.750. The number of nitrogens with zero attached hydrogens (tertiary/aromatic N) is 1. The average Bonchev–Trinajstić information content (AvgIpc) is 2.46. The molecule has 5 heteroatoms. The molecule has 1 heterocycles. The van der Waals surface area contributed by atoms with E-state index in [1.807, 2.05) is 6.92 Å². The molecule has 1 amide bonds. The minimum absolute atomic E-state index is 0.0337. The lowest BCUT2D eigenvalue weighted by atomic mass is 9.98. The lowest BCUT2D eigenvalue weighted by Gasteiger charge is -2.20. The van der Waals surface area contributed by atoms with Gasteiger partial charge in [-0.15, -0.1) is 0 Å². The molecular formula is C8H13NO4. The van der Waals surface area contributed by atoms with Crippen molar-refractivity contribution in [2.45, 2.75) is 25.8 Å². The van der Waals surface area contributed by atoms with E-state index in [-0.39, 0.29) is 5.92 Å². The van der Waals surface area contributed by atoms with Crippen LogP contribution in [-0.4, -0.2) is 39.8 Å². The van der Waals surface area contributed by atoms with Gasteiger partial charge in [-0.3, -0.25) is 4.90 Å². The van der Waals surface area contributed by atoms with Crippen LogP contribution in [0, 0.1) is 5.92 Å². The zero-order valence-electron chi connectivity index (χ0n) is 7.43. The molecule has 2 atom stereocenters. The topological polar surface area (TPSA) is 77.8 Å². The first kappa shape index (κ1) is 9.83. The predicted molar refractivity (Wildman–Crippen MR) is 44.6 cm³/mol.